The maximum absolute atomic E-state index is 12.5. The molecular formula is C19H15ClO3S2. The van der Waals surface area contributed by atoms with Gasteiger partial charge in [-0.2, -0.15) is 0 Å². The minimum atomic E-state index is -3.56. The van der Waals surface area contributed by atoms with Gasteiger partial charge in [-0.3, -0.25) is 4.21 Å². The Morgan fingerprint density at radius 2 is 1.32 bits per heavy atom. The molecule has 0 aliphatic heterocycles. The Bertz CT molecular complexity index is 981. The first-order valence-electron chi connectivity index (χ1n) is 7.50. The lowest BCUT2D eigenvalue weighted by atomic mass is 10.2. The summed E-state index contributed by atoms with van der Waals surface area (Å²) in [7, 11) is -4.82. The van der Waals surface area contributed by atoms with Crippen molar-refractivity contribution in [1.29, 1.82) is 0 Å². The first-order valence-corrected chi connectivity index (χ1v) is 10.7. The van der Waals surface area contributed by atoms with E-state index < -0.39 is 20.6 Å². The summed E-state index contributed by atoms with van der Waals surface area (Å²) in [6.45, 7) is 0. The number of hydrogen-bond donors (Lipinski definition) is 0. The quantitative estimate of drug-likeness (QED) is 0.645. The van der Waals surface area contributed by atoms with Crippen molar-refractivity contribution < 1.29 is 12.6 Å². The third-order valence-electron chi connectivity index (χ3n) is 3.66. The predicted molar refractivity (Wildman–Crippen MR) is 99.9 cm³/mol. The van der Waals surface area contributed by atoms with E-state index in [1.807, 2.05) is 12.1 Å². The highest BCUT2D eigenvalue weighted by Crippen LogP contribution is 2.22. The lowest BCUT2D eigenvalue weighted by Gasteiger charge is -2.07. The molecule has 0 fully saturated rings. The fourth-order valence-electron chi connectivity index (χ4n) is 2.32. The van der Waals surface area contributed by atoms with Gasteiger partial charge in [0.05, 0.1) is 26.3 Å². The van der Waals surface area contributed by atoms with Crippen LogP contribution in [0, 0.1) is 0 Å². The molecule has 0 bridgehead atoms. The van der Waals surface area contributed by atoms with E-state index in [2.05, 4.69) is 0 Å². The molecular weight excluding hydrogens is 376 g/mol. The molecule has 0 amide bonds. The first-order chi connectivity index (χ1) is 12.0. The van der Waals surface area contributed by atoms with E-state index >= 15 is 0 Å². The highest BCUT2D eigenvalue weighted by atomic mass is 35.5. The van der Waals surface area contributed by atoms with Gasteiger partial charge in [0.1, 0.15) is 0 Å². The molecule has 3 aromatic rings. The predicted octanol–water partition coefficient (Wildman–Crippen LogP) is 4.48. The van der Waals surface area contributed by atoms with Crippen LogP contribution in [0.3, 0.4) is 0 Å². The van der Waals surface area contributed by atoms with Crippen molar-refractivity contribution in [1.82, 2.24) is 0 Å². The summed E-state index contributed by atoms with van der Waals surface area (Å²) in [5.74, 6) is 0.349. The van der Waals surface area contributed by atoms with Crippen LogP contribution < -0.4 is 0 Å². The van der Waals surface area contributed by atoms with E-state index in [1.54, 1.807) is 54.6 Å². The largest absolute Gasteiger partial charge is 0.254 e. The number of sulfone groups is 1. The molecule has 0 aliphatic rings. The van der Waals surface area contributed by atoms with Crippen LogP contribution in [-0.4, -0.2) is 12.6 Å². The van der Waals surface area contributed by atoms with Crippen molar-refractivity contribution in [2.45, 2.75) is 20.4 Å². The molecule has 0 saturated carbocycles. The Morgan fingerprint density at radius 3 is 1.92 bits per heavy atom. The van der Waals surface area contributed by atoms with Crippen LogP contribution in [0.2, 0.25) is 5.02 Å². The normalized spacial score (nSPS) is 12.7. The zero-order valence-electron chi connectivity index (χ0n) is 13.1. The molecule has 0 spiro atoms. The van der Waals surface area contributed by atoms with Crippen LogP contribution in [0.15, 0.2) is 93.5 Å². The monoisotopic (exact) mass is 390 g/mol. The molecule has 0 aromatic heterocycles. The van der Waals surface area contributed by atoms with E-state index in [4.69, 9.17) is 11.6 Å². The van der Waals surface area contributed by atoms with Gasteiger partial charge in [0.2, 0.25) is 9.84 Å². The van der Waals surface area contributed by atoms with Gasteiger partial charge in [0.25, 0.3) is 0 Å². The fraction of sp³-hybridized carbons (Fsp3) is 0.0526. The summed E-state index contributed by atoms with van der Waals surface area (Å²) >= 11 is 5.84. The minimum absolute atomic E-state index is 0.186. The lowest BCUT2D eigenvalue weighted by Crippen LogP contribution is -2.02. The fourth-order valence-corrected chi connectivity index (χ4v) is 4.83. The van der Waals surface area contributed by atoms with Gasteiger partial charge >= 0.3 is 0 Å². The summed E-state index contributed by atoms with van der Waals surface area (Å²) < 4.78 is 37.6. The summed E-state index contributed by atoms with van der Waals surface area (Å²) in [6.07, 6.45) is 0. The average Bonchev–Trinajstić information content (AvgIpc) is 2.64. The van der Waals surface area contributed by atoms with Crippen LogP contribution in [0.25, 0.3) is 0 Å². The topological polar surface area (TPSA) is 51.2 Å². The maximum Gasteiger partial charge on any atom is 0.206 e. The average molecular weight is 391 g/mol. The van der Waals surface area contributed by atoms with E-state index in [-0.39, 0.29) is 9.79 Å². The van der Waals surface area contributed by atoms with Crippen molar-refractivity contribution in [3.05, 3.63) is 89.4 Å². The van der Waals surface area contributed by atoms with E-state index in [9.17, 15) is 12.6 Å². The molecule has 0 N–H and O–H groups in total. The Labute approximate surface area is 154 Å². The smallest absolute Gasteiger partial charge is 0.206 e. The maximum atomic E-state index is 12.5. The Balaban J connectivity index is 1.80. The number of benzene rings is 3. The second-order valence-electron chi connectivity index (χ2n) is 5.40. The van der Waals surface area contributed by atoms with E-state index in [1.165, 1.54) is 12.1 Å². The van der Waals surface area contributed by atoms with Gasteiger partial charge in [-0.1, -0.05) is 41.9 Å². The summed E-state index contributed by atoms with van der Waals surface area (Å²) in [6, 6.07) is 21.6. The zero-order chi connectivity index (χ0) is 17.9. The Kier molecular flexibility index (Phi) is 5.37. The molecule has 0 heterocycles. The Hall–Kier alpha value is -1.95. The summed E-state index contributed by atoms with van der Waals surface area (Å²) in [5, 5.41) is 0.630. The van der Waals surface area contributed by atoms with Crippen LogP contribution in [0.4, 0.5) is 0 Å². The van der Waals surface area contributed by atoms with Crippen LogP contribution in [0.1, 0.15) is 5.56 Å². The van der Waals surface area contributed by atoms with Gasteiger partial charge in [-0.15, -0.1) is 0 Å². The van der Waals surface area contributed by atoms with Crippen LogP contribution in [-0.2, 0) is 26.4 Å². The minimum Gasteiger partial charge on any atom is -0.254 e. The number of hydrogen-bond acceptors (Lipinski definition) is 3. The molecule has 3 nitrogen and oxygen atoms in total. The van der Waals surface area contributed by atoms with Crippen molar-refractivity contribution in [2.24, 2.45) is 0 Å². The van der Waals surface area contributed by atoms with Crippen molar-refractivity contribution in [3.8, 4) is 0 Å². The van der Waals surface area contributed by atoms with Crippen LogP contribution >= 0.6 is 11.6 Å². The molecule has 1 atom stereocenters. The molecule has 3 rings (SSSR count). The van der Waals surface area contributed by atoms with Gasteiger partial charge in [0.15, 0.2) is 0 Å². The second-order valence-corrected chi connectivity index (χ2v) is 9.24. The van der Waals surface area contributed by atoms with Gasteiger partial charge in [-0.25, -0.2) is 8.42 Å². The van der Waals surface area contributed by atoms with Crippen molar-refractivity contribution in [2.75, 3.05) is 0 Å². The van der Waals surface area contributed by atoms with Gasteiger partial charge < -0.3 is 0 Å². The van der Waals surface area contributed by atoms with E-state index in [0.717, 1.165) is 5.56 Å². The van der Waals surface area contributed by atoms with E-state index in [0.29, 0.717) is 15.7 Å². The molecule has 1 unspecified atom stereocenters. The third kappa shape index (κ3) is 4.18. The molecule has 128 valence electrons. The standard InChI is InChI=1S/C19H15ClO3S2/c20-16-8-6-15(7-9-16)14-24(21)17-10-12-19(13-11-17)25(22,23)18-4-2-1-3-5-18/h1-13H,14H2. The highest BCUT2D eigenvalue weighted by Gasteiger charge is 2.17. The summed E-state index contributed by atoms with van der Waals surface area (Å²) in [5.41, 5.74) is 0.906. The van der Waals surface area contributed by atoms with Crippen LogP contribution in [0.5, 0.6) is 0 Å². The molecule has 0 saturated heterocycles. The Morgan fingerprint density at radius 1 is 0.760 bits per heavy atom. The zero-order valence-corrected chi connectivity index (χ0v) is 15.5. The highest BCUT2D eigenvalue weighted by molar-refractivity contribution is 7.91. The SMILES string of the molecule is O=S(Cc1ccc(Cl)cc1)c1ccc(S(=O)(=O)c2ccccc2)cc1. The molecule has 25 heavy (non-hydrogen) atoms. The van der Waals surface area contributed by atoms with Gasteiger partial charge in [-0.05, 0) is 54.1 Å². The lowest BCUT2D eigenvalue weighted by molar-refractivity contribution is 0.596. The second kappa shape index (κ2) is 7.52. The van der Waals surface area contributed by atoms with Gasteiger partial charge in [0, 0.05) is 9.92 Å². The van der Waals surface area contributed by atoms with Crippen molar-refractivity contribution in [3.63, 3.8) is 0 Å². The first kappa shape index (κ1) is 17.9. The number of halogens is 1. The molecule has 6 heteroatoms. The molecule has 3 aromatic carbocycles. The van der Waals surface area contributed by atoms with Crippen molar-refractivity contribution >= 4 is 32.2 Å². The molecule has 0 radical (unpaired) electrons. The third-order valence-corrected chi connectivity index (χ3v) is 7.09. The number of rotatable bonds is 5. The molecule has 0 aliphatic carbocycles. The summed E-state index contributed by atoms with van der Waals surface area (Å²) in [4.78, 5) is 1.01.